The summed E-state index contributed by atoms with van der Waals surface area (Å²) in [5.74, 6) is 0.0105. The SMILES string of the molecule is C[C@H]1CNCCN1C(=O)c1ccc(B2OC(C)(C)C(C)(C)O2)c(Cl)c1.Cl. The molecule has 2 aliphatic heterocycles. The van der Waals surface area contributed by atoms with Crippen molar-refractivity contribution in [1.82, 2.24) is 10.2 Å². The highest BCUT2D eigenvalue weighted by atomic mass is 35.5. The second kappa shape index (κ2) is 7.68. The van der Waals surface area contributed by atoms with Gasteiger partial charge in [-0.3, -0.25) is 4.79 Å². The van der Waals surface area contributed by atoms with Crippen LogP contribution in [0.15, 0.2) is 18.2 Å². The molecule has 0 saturated carbocycles. The minimum atomic E-state index is -0.528. The topological polar surface area (TPSA) is 50.8 Å². The van der Waals surface area contributed by atoms with Gasteiger partial charge in [0.15, 0.2) is 0 Å². The summed E-state index contributed by atoms with van der Waals surface area (Å²) in [4.78, 5) is 14.7. The fourth-order valence-corrected chi connectivity index (χ4v) is 3.40. The van der Waals surface area contributed by atoms with Crippen LogP contribution < -0.4 is 10.8 Å². The van der Waals surface area contributed by atoms with Gasteiger partial charge in [0.1, 0.15) is 0 Å². The number of benzene rings is 1. The van der Waals surface area contributed by atoms with E-state index in [9.17, 15) is 4.79 Å². The third-order valence-corrected chi connectivity index (χ3v) is 5.84. The summed E-state index contributed by atoms with van der Waals surface area (Å²) in [5, 5.41) is 3.78. The van der Waals surface area contributed by atoms with Crippen molar-refractivity contribution in [2.75, 3.05) is 19.6 Å². The first-order chi connectivity index (χ1) is 11.6. The van der Waals surface area contributed by atoms with Gasteiger partial charge in [-0.2, -0.15) is 0 Å². The first-order valence-corrected chi connectivity index (χ1v) is 9.17. The first-order valence-electron chi connectivity index (χ1n) is 8.79. The number of carbonyl (C=O) groups is 1. The summed E-state index contributed by atoms with van der Waals surface area (Å²) >= 11 is 6.47. The molecule has 1 N–H and O–H groups in total. The van der Waals surface area contributed by atoms with Crippen molar-refractivity contribution in [1.29, 1.82) is 0 Å². The molecule has 5 nitrogen and oxygen atoms in total. The Labute approximate surface area is 167 Å². The maximum atomic E-state index is 12.8. The smallest absolute Gasteiger partial charge is 0.399 e. The van der Waals surface area contributed by atoms with Crippen LogP contribution in [0, 0.1) is 0 Å². The first kappa shape index (κ1) is 21.5. The van der Waals surface area contributed by atoms with Crippen LogP contribution in [-0.2, 0) is 9.31 Å². The normalized spacial score (nSPS) is 24.3. The number of carbonyl (C=O) groups excluding carboxylic acids is 1. The average Bonchev–Trinajstić information content (AvgIpc) is 2.75. The van der Waals surface area contributed by atoms with Gasteiger partial charge in [-0.1, -0.05) is 17.7 Å². The van der Waals surface area contributed by atoms with E-state index in [0.717, 1.165) is 18.6 Å². The molecule has 1 atom stereocenters. The lowest BCUT2D eigenvalue weighted by Gasteiger charge is -2.34. The van der Waals surface area contributed by atoms with Crippen molar-refractivity contribution in [3.05, 3.63) is 28.8 Å². The second-order valence-corrected chi connectivity index (χ2v) is 8.28. The predicted molar refractivity (Wildman–Crippen MR) is 108 cm³/mol. The van der Waals surface area contributed by atoms with Gasteiger partial charge in [-0.25, -0.2) is 0 Å². The van der Waals surface area contributed by atoms with E-state index in [1.165, 1.54) is 0 Å². The van der Waals surface area contributed by atoms with Gasteiger partial charge in [0, 0.05) is 41.7 Å². The number of rotatable bonds is 2. The monoisotopic (exact) mass is 400 g/mol. The average molecular weight is 401 g/mol. The molecule has 8 heteroatoms. The summed E-state index contributed by atoms with van der Waals surface area (Å²) in [6.45, 7) is 12.4. The molecule has 0 aromatic heterocycles. The lowest BCUT2D eigenvalue weighted by molar-refractivity contribution is 0.00578. The van der Waals surface area contributed by atoms with Crippen molar-refractivity contribution >= 4 is 42.5 Å². The van der Waals surface area contributed by atoms with E-state index in [1.807, 2.05) is 51.7 Å². The van der Waals surface area contributed by atoms with Gasteiger partial charge in [0.2, 0.25) is 0 Å². The Bertz CT molecular complexity index is 668. The maximum Gasteiger partial charge on any atom is 0.496 e. The Morgan fingerprint density at radius 1 is 1.27 bits per heavy atom. The molecule has 144 valence electrons. The Morgan fingerprint density at radius 2 is 1.88 bits per heavy atom. The van der Waals surface area contributed by atoms with Crippen molar-refractivity contribution in [3.8, 4) is 0 Å². The van der Waals surface area contributed by atoms with Gasteiger partial charge in [0.25, 0.3) is 5.91 Å². The molecular weight excluding hydrogens is 374 g/mol. The predicted octanol–water partition coefficient (Wildman–Crippen LogP) is 2.49. The molecule has 3 rings (SSSR count). The molecule has 2 saturated heterocycles. The van der Waals surface area contributed by atoms with Crippen molar-refractivity contribution in [2.24, 2.45) is 0 Å². The third-order valence-electron chi connectivity index (χ3n) is 5.52. The van der Waals surface area contributed by atoms with Crippen LogP contribution in [0.5, 0.6) is 0 Å². The molecule has 2 heterocycles. The summed E-state index contributed by atoms with van der Waals surface area (Å²) < 4.78 is 12.1. The number of halogens is 2. The minimum Gasteiger partial charge on any atom is -0.399 e. The lowest BCUT2D eigenvalue weighted by atomic mass is 9.78. The number of nitrogens with zero attached hydrogens (tertiary/aromatic N) is 1. The highest BCUT2D eigenvalue weighted by Crippen LogP contribution is 2.37. The van der Waals surface area contributed by atoms with Crippen molar-refractivity contribution in [2.45, 2.75) is 51.9 Å². The zero-order valence-electron chi connectivity index (χ0n) is 16.0. The molecule has 0 spiro atoms. The number of nitrogens with one attached hydrogen (secondary N) is 1. The molecule has 1 aromatic carbocycles. The van der Waals surface area contributed by atoms with E-state index in [2.05, 4.69) is 5.32 Å². The highest BCUT2D eigenvalue weighted by molar-refractivity contribution is 6.65. The fraction of sp³-hybridized carbons (Fsp3) is 0.611. The third kappa shape index (κ3) is 3.90. The van der Waals surface area contributed by atoms with Gasteiger partial charge in [0.05, 0.1) is 11.2 Å². The lowest BCUT2D eigenvalue weighted by Crippen LogP contribution is -2.52. The van der Waals surface area contributed by atoms with E-state index in [1.54, 1.807) is 6.07 Å². The molecule has 2 fully saturated rings. The Morgan fingerprint density at radius 3 is 2.42 bits per heavy atom. The van der Waals surface area contributed by atoms with Crippen LogP contribution >= 0.6 is 24.0 Å². The van der Waals surface area contributed by atoms with E-state index < -0.39 is 18.3 Å². The highest BCUT2D eigenvalue weighted by Gasteiger charge is 2.52. The number of hydrogen-bond donors (Lipinski definition) is 1. The number of amides is 1. The summed E-state index contributed by atoms with van der Waals surface area (Å²) in [7, 11) is -0.528. The zero-order chi connectivity index (χ0) is 18.4. The molecule has 1 aromatic rings. The van der Waals surface area contributed by atoms with Crippen LogP contribution in [0.4, 0.5) is 0 Å². The Hall–Kier alpha value is -0.785. The maximum absolute atomic E-state index is 12.8. The standard InChI is InChI=1S/C18H26BClN2O3.ClH/c1-12-11-21-8-9-22(12)16(23)13-6-7-14(15(20)10-13)19-24-17(2,3)18(4,5)25-19;/h6-7,10,12,21H,8-9,11H2,1-5H3;1H/t12-;/m0./s1. The van der Waals surface area contributed by atoms with Gasteiger partial charge >= 0.3 is 7.12 Å². The molecule has 26 heavy (non-hydrogen) atoms. The Balaban J connectivity index is 0.00000243. The molecule has 0 bridgehead atoms. The number of piperazine rings is 1. The summed E-state index contributed by atoms with van der Waals surface area (Å²) in [5.41, 5.74) is 0.501. The molecule has 2 aliphatic rings. The van der Waals surface area contributed by atoms with Gasteiger partial charge < -0.3 is 19.5 Å². The van der Waals surface area contributed by atoms with E-state index >= 15 is 0 Å². The molecule has 1 amide bonds. The van der Waals surface area contributed by atoms with Crippen LogP contribution in [0.3, 0.4) is 0 Å². The van der Waals surface area contributed by atoms with Crippen LogP contribution in [-0.4, -0.2) is 54.8 Å². The van der Waals surface area contributed by atoms with E-state index in [0.29, 0.717) is 17.1 Å². The molecule has 0 aliphatic carbocycles. The Kier molecular flexibility index (Phi) is 6.36. The van der Waals surface area contributed by atoms with Crippen LogP contribution in [0.25, 0.3) is 0 Å². The van der Waals surface area contributed by atoms with Crippen LogP contribution in [0.1, 0.15) is 45.0 Å². The molecule has 0 unspecified atom stereocenters. The van der Waals surface area contributed by atoms with Gasteiger partial charge in [-0.05, 0) is 46.8 Å². The van der Waals surface area contributed by atoms with E-state index in [-0.39, 0.29) is 24.4 Å². The summed E-state index contributed by atoms with van der Waals surface area (Å²) in [6, 6.07) is 5.54. The number of hydrogen-bond acceptors (Lipinski definition) is 4. The molecule has 0 radical (unpaired) electrons. The largest absolute Gasteiger partial charge is 0.496 e. The zero-order valence-corrected chi connectivity index (χ0v) is 17.5. The second-order valence-electron chi connectivity index (χ2n) is 7.88. The van der Waals surface area contributed by atoms with Gasteiger partial charge in [-0.15, -0.1) is 12.4 Å². The molecular formula is C18H27BCl2N2O3. The summed E-state index contributed by atoms with van der Waals surface area (Å²) in [6.07, 6.45) is 0. The fourth-order valence-electron chi connectivity index (χ4n) is 3.13. The quantitative estimate of drug-likeness (QED) is 0.775. The minimum absolute atomic E-state index is 0. The van der Waals surface area contributed by atoms with Crippen LogP contribution in [0.2, 0.25) is 5.02 Å². The van der Waals surface area contributed by atoms with E-state index in [4.69, 9.17) is 20.9 Å². The van der Waals surface area contributed by atoms with Crippen molar-refractivity contribution < 1.29 is 14.1 Å². The van der Waals surface area contributed by atoms with Crippen molar-refractivity contribution in [3.63, 3.8) is 0 Å².